The molecule has 2 aromatic rings. The summed E-state index contributed by atoms with van der Waals surface area (Å²) < 4.78 is 5.78. The minimum atomic E-state index is -0.446. The first-order valence-corrected chi connectivity index (χ1v) is 6.72. The maximum Gasteiger partial charge on any atom is 0.265 e. The van der Waals surface area contributed by atoms with Gasteiger partial charge in [0, 0.05) is 0 Å². The molecule has 2 N–H and O–H groups in total. The number of anilines is 1. The summed E-state index contributed by atoms with van der Waals surface area (Å²) in [5.74, 6) is 0.687. The van der Waals surface area contributed by atoms with Gasteiger partial charge < -0.3 is 10.1 Å². The van der Waals surface area contributed by atoms with Crippen LogP contribution in [-0.2, 0) is 11.2 Å². The standard InChI is InChI=1S/C15H17N3O2/c1-9-14(10(2)18-17-9)16-15(19)13-8-7-11-5-3-4-6-12(11)20-13/h3-6,13H,7-8H2,1-2H3,(H,16,19)(H,17,18). The van der Waals surface area contributed by atoms with E-state index in [9.17, 15) is 4.79 Å². The zero-order chi connectivity index (χ0) is 14.1. The molecule has 3 rings (SSSR count). The summed E-state index contributed by atoms with van der Waals surface area (Å²) in [4.78, 5) is 12.3. The van der Waals surface area contributed by atoms with Crippen molar-refractivity contribution in [2.75, 3.05) is 5.32 Å². The fraction of sp³-hybridized carbons (Fsp3) is 0.333. The molecule has 0 radical (unpaired) electrons. The Balaban J connectivity index is 1.74. The molecule has 0 saturated heterocycles. The first kappa shape index (κ1) is 12.7. The van der Waals surface area contributed by atoms with Gasteiger partial charge in [-0.1, -0.05) is 18.2 Å². The number of nitrogens with zero attached hydrogens (tertiary/aromatic N) is 1. The van der Waals surface area contributed by atoms with Gasteiger partial charge in [0.1, 0.15) is 5.75 Å². The van der Waals surface area contributed by atoms with Gasteiger partial charge in [0.25, 0.3) is 5.91 Å². The van der Waals surface area contributed by atoms with Crippen molar-refractivity contribution in [1.29, 1.82) is 0 Å². The van der Waals surface area contributed by atoms with Crippen molar-refractivity contribution in [2.24, 2.45) is 0 Å². The van der Waals surface area contributed by atoms with Crippen LogP contribution in [0.1, 0.15) is 23.4 Å². The van der Waals surface area contributed by atoms with Gasteiger partial charge >= 0.3 is 0 Å². The number of aromatic nitrogens is 2. The Bertz CT molecular complexity index is 629. The lowest BCUT2D eigenvalue weighted by molar-refractivity contribution is -0.123. The van der Waals surface area contributed by atoms with Gasteiger partial charge in [-0.25, -0.2) is 0 Å². The third kappa shape index (κ3) is 2.27. The number of rotatable bonds is 2. The molecule has 20 heavy (non-hydrogen) atoms. The quantitative estimate of drug-likeness (QED) is 0.881. The largest absolute Gasteiger partial charge is 0.480 e. The third-order valence-corrected chi connectivity index (χ3v) is 3.59. The van der Waals surface area contributed by atoms with Crippen LogP contribution < -0.4 is 10.1 Å². The van der Waals surface area contributed by atoms with Crippen LogP contribution >= 0.6 is 0 Å². The highest BCUT2D eigenvalue weighted by Gasteiger charge is 2.26. The SMILES string of the molecule is Cc1n[nH]c(C)c1NC(=O)C1CCc2ccccc2O1. The summed E-state index contributed by atoms with van der Waals surface area (Å²) in [6.07, 6.45) is 1.11. The molecule has 2 heterocycles. The zero-order valence-electron chi connectivity index (χ0n) is 11.6. The van der Waals surface area contributed by atoms with Gasteiger partial charge in [0.05, 0.1) is 17.1 Å². The molecule has 1 aliphatic rings. The Labute approximate surface area is 117 Å². The maximum absolute atomic E-state index is 12.3. The fourth-order valence-electron chi connectivity index (χ4n) is 2.45. The normalized spacial score (nSPS) is 17.2. The summed E-state index contributed by atoms with van der Waals surface area (Å²) in [6, 6.07) is 7.85. The van der Waals surface area contributed by atoms with Crippen molar-refractivity contribution in [2.45, 2.75) is 32.8 Å². The van der Waals surface area contributed by atoms with Crippen molar-refractivity contribution in [3.8, 4) is 5.75 Å². The second kappa shape index (κ2) is 5.00. The highest BCUT2D eigenvalue weighted by molar-refractivity contribution is 5.95. The van der Waals surface area contributed by atoms with Crippen molar-refractivity contribution >= 4 is 11.6 Å². The van der Waals surface area contributed by atoms with Gasteiger partial charge in [-0.05, 0) is 38.3 Å². The number of benzene rings is 1. The van der Waals surface area contributed by atoms with E-state index in [0.29, 0.717) is 6.42 Å². The molecule has 1 aliphatic heterocycles. The topological polar surface area (TPSA) is 67.0 Å². The van der Waals surface area contributed by atoms with E-state index in [-0.39, 0.29) is 5.91 Å². The Hall–Kier alpha value is -2.30. The number of aromatic amines is 1. The highest BCUT2D eigenvalue weighted by Crippen LogP contribution is 2.28. The third-order valence-electron chi connectivity index (χ3n) is 3.59. The Morgan fingerprint density at radius 1 is 1.40 bits per heavy atom. The van der Waals surface area contributed by atoms with Crippen molar-refractivity contribution in [3.63, 3.8) is 0 Å². The molecule has 5 heteroatoms. The molecule has 0 bridgehead atoms. The molecule has 1 unspecified atom stereocenters. The summed E-state index contributed by atoms with van der Waals surface area (Å²) >= 11 is 0. The molecule has 0 saturated carbocycles. The number of aryl methyl sites for hydroxylation is 3. The van der Waals surface area contributed by atoms with Crippen LogP contribution in [-0.4, -0.2) is 22.2 Å². The predicted molar refractivity (Wildman–Crippen MR) is 75.9 cm³/mol. The maximum atomic E-state index is 12.3. The number of carbonyl (C=O) groups is 1. The van der Waals surface area contributed by atoms with Crippen molar-refractivity contribution in [1.82, 2.24) is 10.2 Å². The van der Waals surface area contributed by atoms with Crippen LogP contribution in [0.2, 0.25) is 0 Å². The lowest BCUT2D eigenvalue weighted by Crippen LogP contribution is -2.36. The van der Waals surface area contributed by atoms with E-state index in [2.05, 4.69) is 15.5 Å². The molecule has 0 aliphatic carbocycles. The average molecular weight is 271 g/mol. The van der Waals surface area contributed by atoms with Crippen LogP contribution in [0.25, 0.3) is 0 Å². The van der Waals surface area contributed by atoms with Crippen LogP contribution in [0.3, 0.4) is 0 Å². The second-order valence-corrected chi connectivity index (χ2v) is 5.05. The van der Waals surface area contributed by atoms with E-state index in [0.717, 1.165) is 34.8 Å². The monoisotopic (exact) mass is 271 g/mol. The van der Waals surface area contributed by atoms with Crippen molar-refractivity contribution in [3.05, 3.63) is 41.2 Å². The molecule has 0 fully saturated rings. The number of para-hydroxylation sites is 1. The smallest absolute Gasteiger partial charge is 0.265 e. The molecule has 1 aromatic carbocycles. The predicted octanol–water partition coefficient (Wildman–Crippen LogP) is 2.36. The minimum absolute atomic E-state index is 0.118. The van der Waals surface area contributed by atoms with Crippen LogP contribution in [0, 0.1) is 13.8 Å². The number of carbonyl (C=O) groups excluding carboxylic acids is 1. The van der Waals surface area contributed by atoms with E-state index in [1.165, 1.54) is 0 Å². The molecule has 0 spiro atoms. The van der Waals surface area contributed by atoms with E-state index in [4.69, 9.17) is 4.74 Å². The molecule has 1 aromatic heterocycles. The Morgan fingerprint density at radius 3 is 2.95 bits per heavy atom. The fourth-order valence-corrected chi connectivity index (χ4v) is 2.45. The Morgan fingerprint density at radius 2 is 2.20 bits per heavy atom. The number of fused-ring (bicyclic) bond motifs is 1. The zero-order valence-corrected chi connectivity index (χ0v) is 11.6. The number of hydrogen-bond acceptors (Lipinski definition) is 3. The average Bonchev–Trinajstić information content (AvgIpc) is 2.78. The van der Waals surface area contributed by atoms with Crippen LogP contribution in [0.15, 0.2) is 24.3 Å². The molecule has 1 amide bonds. The number of ether oxygens (including phenoxy) is 1. The number of nitrogens with one attached hydrogen (secondary N) is 2. The Kier molecular flexibility index (Phi) is 3.18. The van der Waals surface area contributed by atoms with Crippen LogP contribution in [0.5, 0.6) is 5.75 Å². The van der Waals surface area contributed by atoms with E-state index in [1.54, 1.807) is 0 Å². The molecular weight excluding hydrogens is 254 g/mol. The highest BCUT2D eigenvalue weighted by atomic mass is 16.5. The second-order valence-electron chi connectivity index (χ2n) is 5.05. The van der Waals surface area contributed by atoms with Crippen LogP contribution in [0.4, 0.5) is 5.69 Å². The molecular formula is C15H17N3O2. The summed E-state index contributed by atoms with van der Waals surface area (Å²) in [5.41, 5.74) is 3.55. The molecule has 1 atom stereocenters. The van der Waals surface area contributed by atoms with Gasteiger partial charge in [0.2, 0.25) is 0 Å². The van der Waals surface area contributed by atoms with Gasteiger partial charge in [0.15, 0.2) is 6.10 Å². The van der Waals surface area contributed by atoms with Gasteiger partial charge in [-0.15, -0.1) is 0 Å². The number of hydrogen-bond donors (Lipinski definition) is 2. The lowest BCUT2D eigenvalue weighted by atomic mass is 10.0. The van der Waals surface area contributed by atoms with Crippen molar-refractivity contribution < 1.29 is 9.53 Å². The van der Waals surface area contributed by atoms with Gasteiger partial charge in [-0.3, -0.25) is 9.89 Å². The van der Waals surface area contributed by atoms with Gasteiger partial charge in [-0.2, -0.15) is 5.10 Å². The van der Waals surface area contributed by atoms with E-state index in [1.807, 2.05) is 38.1 Å². The minimum Gasteiger partial charge on any atom is -0.480 e. The first-order chi connectivity index (χ1) is 9.65. The number of H-pyrrole nitrogens is 1. The first-order valence-electron chi connectivity index (χ1n) is 6.72. The molecule has 5 nitrogen and oxygen atoms in total. The van der Waals surface area contributed by atoms with E-state index >= 15 is 0 Å². The number of amides is 1. The lowest BCUT2D eigenvalue weighted by Gasteiger charge is -2.25. The summed E-state index contributed by atoms with van der Waals surface area (Å²) in [7, 11) is 0. The molecule has 104 valence electrons. The summed E-state index contributed by atoms with van der Waals surface area (Å²) in [6.45, 7) is 3.74. The summed E-state index contributed by atoms with van der Waals surface area (Å²) in [5, 5.41) is 9.83. The van der Waals surface area contributed by atoms with E-state index < -0.39 is 6.10 Å².